The lowest BCUT2D eigenvalue weighted by Gasteiger charge is -2.31. The highest BCUT2D eigenvalue weighted by Crippen LogP contribution is 2.31. The summed E-state index contributed by atoms with van der Waals surface area (Å²) in [5.41, 5.74) is 0.775. The van der Waals surface area contributed by atoms with Gasteiger partial charge in [0.1, 0.15) is 0 Å². The molecule has 2 aliphatic heterocycles. The number of ether oxygens (including phenoxy) is 3. The molecule has 2 aliphatic rings. The van der Waals surface area contributed by atoms with Crippen LogP contribution in [0.4, 0.5) is 0 Å². The van der Waals surface area contributed by atoms with Crippen molar-refractivity contribution in [3.8, 4) is 22.9 Å². The first kappa shape index (κ1) is 26.1. The number of aromatic nitrogens is 4. The Bertz CT molecular complexity index is 1200. The number of methoxy groups -OCH3 is 2. The lowest BCUT2D eigenvalue weighted by Crippen LogP contribution is -2.38. The second-order valence-corrected chi connectivity index (χ2v) is 9.90. The van der Waals surface area contributed by atoms with E-state index in [1.165, 1.54) is 0 Å². The van der Waals surface area contributed by atoms with Crippen LogP contribution in [0.15, 0.2) is 27.2 Å². The van der Waals surface area contributed by atoms with Gasteiger partial charge in [0, 0.05) is 57.0 Å². The largest absolute Gasteiger partial charge is 0.493 e. The molecule has 0 saturated carbocycles. The molecule has 2 saturated heterocycles. The van der Waals surface area contributed by atoms with Gasteiger partial charge in [0.2, 0.25) is 23.5 Å². The van der Waals surface area contributed by atoms with Gasteiger partial charge in [-0.15, -0.1) is 0 Å². The van der Waals surface area contributed by atoms with Crippen molar-refractivity contribution in [2.24, 2.45) is 5.92 Å². The lowest BCUT2D eigenvalue weighted by atomic mass is 9.93. The standard InChI is InChI=1S/C27H35N5O6/c1-34-21-7-6-20(17-22(21)35-2)27-28-23(37-31-27)4-3-5-25(33)32-12-8-18(9-13-32)16-24-29-26(30-38-24)19-10-14-36-15-11-19/h6-7,17-19H,3-5,8-16H2,1-2H3. The SMILES string of the molecule is COc1ccc(-c2noc(CCCC(=O)N3CCC(Cc4nc(C5CCOCC5)no4)CC3)n2)cc1OC. The number of rotatable bonds is 10. The van der Waals surface area contributed by atoms with Crippen LogP contribution in [0, 0.1) is 5.92 Å². The summed E-state index contributed by atoms with van der Waals surface area (Å²) in [4.78, 5) is 23.9. The van der Waals surface area contributed by atoms with Crippen LogP contribution < -0.4 is 9.47 Å². The first-order valence-electron chi connectivity index (χ1n) is 13.4. The number of benzene rings is 1. The summed E-state index contributed by atoms with van der Waals surface area (Å²) in [6, 6.07) is 5.47. The average molecular weight is 526 g/mol. The molecule has 11 nitrogen and oxygen atoms in total. The first-order valence-corrected chi connectivity index (χ1v) is 13.4. The van der Waals surface area contributed by atoms with E-state index in [2.05, 4.69) is 20.3 Å². The van der Waals surface area contributed by atoms with Crippen LogP contribution in [0.2, 0.25) is 0 Å². The lowest BCUT2D eigenvalue weighted by molar-refractivity contribution is -0.132. The van der Waals surface area contributed by atoms with Crippen molar-refractivity contribution in [1.29, 1.82) is 0 Å². The van der Waals surface area contributed by atoms with Crippen LogP contribution in [0.25, 0.3) is 11.4 Å². The molecule has 204 valence electrons. The molecule has 0 atom stereocenters. The van der Waals surface area contributed by atoms with Crippen LogP contribution in [0.5, 0.6) is 11.5 Å². The summed E-state index contributed by atoms with van der Waals surface area (Å²) in [5, 5.41) is 8.28. The number of likely N-dealkylation sites (tertiary alicyclic amines) is 1. The minimum absolute atomic E-state index is 0.169. The molecule has 0 unspecified atom stereocenters. The van der Waals surface area contributed by atoms with Gasteiger partial charge in [-0.05, 0) is 56.2 Å². The Morgan fingerprint density at radius 3 is 2.50 bits per heavy atom. The van der Waals surface area contributed by atoms with Crippen molar-refractivity contribution in [3.05, 3.63) is 35.8 Å². The van der Waals surface area contributed by atoms with Crippen LogP contribution in [-0.2, 0) is 22.4 Å². The van der Waals surface area contributed by atoms with Gasteiger partial charge in [-0.2, -0.15) is 9.97 Å². The topological polar surface area (TPSA) is 126 Å². The highest BCUT2D eigenvalue weighted by molar-refractivity contribution is 5.76. The Morgan fingerprint density at radius 1 is 0.974 bits per heavy atom. The highest BCUT2D eigenvalue weighted by Gasteiger charge is 2.26. The van der Waals surface area contributed by atoms with E-state index in [1.54, 1.807) is 20.3 Å². The maximum absolute atomic E-state index is 12.8. The van der Waals surface area contributed by atoms with E-state index in [0.717, 1.165) is 69.8 Å². The van der Waals surface area contributed by atoms with Crippen molar-refractivity contribution in [2.45, 2.75) is 57.3 Å². The van der Waals surface area contributed by atoms with Crippen LogP contribution in [0.1, 0.15) is 62.0 Å². The maximum Gasteiger partial charge on any atom is 0.226 e. The zero-order valence-electron chi connectivity index (χ0n) is 22.1. The molecular formula is C27H35N5O6. The second kappa shape index (κ2) is 12.4. The average Bonchev–Trinajstić information content (AvgIpc) is 3.63. The molecule has 5 rings (SSSR count). The third-order valence-electron chi connectivity index (χ3n) is 7.39. The minimum Gasteiger partial charge on any atom is -0.493 e. The highest BCUT2D eigenvalue weighted by atomic mass is 16.5. The van der Waals surface area contributed by atoms with Gasteiger partial charge in [0.05, 0.1) is 14.2 Å². The molecule has 38 heavy (non-hydrogen) atoms. The van der Waals surface area contributed by atoms with Gasteiger partial charge in [0.15, 0.2) is 17.3 Å². The van der Waals surface area contributed by atoms with Crippen molar-refractivity contribution >= 4 is 5.91 Å². The molecule has 1 amide bonds. The van der Waals surface area contributed by atoms with Crippen LogP contribution in [0.3, 0.4) is 0 Å². The second-order valence-electron chi connectivity index (χ2n) is 9.90. The molecule has 0 N–H and O–H groups in total. The van der Waals surface area contributed by atoms with Crippen LogP contribution >= 0.6 is 0 Å². The fourth-order valence-corrected chi connectivity index (χ4v) is 5.10. The van der Waals surface area contributed by atoms with E-state index in [0.29, 0.717) is 60.2 Å². The van der Waals surface area contributed by atoms with Crippen LogP contribution in [-0.4, -0.2) is 71.6 Å². The Morgan fingerprint density at radius 2 is 1.74 bits per heavy atom. The van der Waals surface area contributed by atoms with E-state index in [9.17, 15) is 4.79 Å². The fraction of sp³-hybridized carbons (Fsp3) is 0.593. The number of carbonyl (C=O) groups excluding carboxylic acids is 1. The zero-order chi connectivity index (χ0) is 26.3. The monoisotopic (exact) mass is 525 g/mol. The Hall–Kier alpha value is -3.47. The van der Waals surface area contributed by atoms with Gasteiger partial charge < -0.3 is 28.2 Å². The first-order chi connectivity index (χ1) is 18.6. The molecule has 0 spiro atoms. The molecule has 2 aromatic heterocycles. The van der Waals surface area contributed by atoms with Crippen molar-refractivity contribution in [1.82, 2.24) is 25.2 Å². The molecular weight excluding hydrogens is 490 g/mol. The van der Waals surface area contributed by atoms with Gasteiger partial charge in [-0.25, -0.2) is 0 Å². The summed E-state index contributed by atoms with van der Waals surface area (Å²) in [7, 11) is 3.17. The summed E-state index contributed by atoms with van der Waals surface area (Å²) < 4.78 is 27.0. The Kier molecular flexibility index (Phi) is 8.52. The van der Waals surface area contributed by atoms with Gasteiger partial charge in [-0.1, -0.05) is 10.3 Å². The predicted molar refractivity (Wildman–Crippen MR) is 136 cm³/mol. The number of carbonyl (C=O) groups is 1. The van der Waals surface area contributed by atoms with Gasteiger partial charge in [0.25, 0.3) is 0 Å². The third-order valence-corrected chi connectivity index (χ3v) is 7.39. The Balaban J connectivity index is 1.04. The number of piperidine rings is 1. The molecule has 0 aliphatic carbocycles. The molecule has 11 heteroatoms. The van der Waals surface area contributed by atoms with Crippen molar-refractivity contribution in [2.75, 3.05) is 40.5 Å². The summed E-state index contributed by atoms with van der Waals surface area (Å²) in [5.74, 6) is 4.72. The van der Waals surface area contributed by atoms with E-state index in [-0.39, 0.29) is 5.91 Å². The number of hydrogen-bond acceptors (Lipinski definition) is 10. The Labute approximate surface area is 221 Å². The van der Waals surface area contributed by atoms with Gasteiger partial charge >= 0.3 is 0 Å². The molecule has 4 heterocycles. The van der Waals surface area contributed by atoms with Crippen molar-refractivity contribution < 1.29 is 28.1 Å². The normalized spacial score (nSPS) is 17.1. The summed E-state index contributed by atoms with van der Waals surface area (Å²) in [6.07, 6.45) is 6.22. The van der Waals surface area contributed by atoms with Crippen molar-refractivity contribution in [3.63, 3.8) is 0 Å². The number of nitrogens with zero attached hydrogens (tertiary/aromatic N) is 5. The van der Waals surface area contributed by atoms with Gasteiger partial charge in [-0.3, -0.25) is 4.79 Å². The summed E-state index contributed by atoms with van der Waals surface area (Å²) >= 11 is 0. The third kappa shape index (κ3) is 6.32. The van der Waals surface area contributed by atoms with E-state index in [1.807, 2.05) is 17.0 Å². The molecule has 3 aromatic rings. The zero-order valence-corrected chi connectivity index (χ0v) is 22.1. The summed E-state index contributed by atoms with van der Waals surface area (Å²) in [6.45, 7) is 3.04. The quantitative estimate of drug-likeness (QED) is 0.385. The minimum atomic E-state index is 0.169. The molecule has 2 fully saturated rings. The number of aryl methyl sites for hydroxylation is 1. The molecule has 0 radical (unpaired) electrons. The number of hydrogen-bond donors (Lipinski definition) is 0. The van der Waals surface area contributed by atoms with E-state index in [4.69, 9.17) is 23.3 Å². The van der Waals surface area contributed by atoms with E-state index < -0.39 is 0 Å². The molecule has 1 aromatic carbocycles. The maximum atomic E-state index is 12.8. The van der Waals surface area contributed by atoms with E-state index >= 15 is 0 Å². The predicted octanol–water partition coefficient (Wildman–Crippen LogP) is 3.83. The fourth-order valence-electron chi connectivity index (χ4n) is 5.10. The molecule has 0 bridgehead atoms. The smallest absolute Gasteiger partial charge is 0.226 e. The number of amides is 1.